The van der Waals surface area contributed by atoms with E-state index in [0.717, 1.165) is 17.1 Å². The van der Waals surface area contributed by atoms with Crippen LogP contribution in [0.2, 0.25) is 0 Å². The van der Waals surface area contributed by atoms with E-state index in [-0.39, 0.29) is 0 Å². The van der Waals surface area contributed by atoms with Crippen LogP contribution in [-0.2, 0) is 0 Å². The topological polar surface area (TPSA) is 6.48 Å². The third-order valence-electron chi connectivity index (χ3n) is 7.98. The fourth-order valence-electron chi connectivity index (χ4n) is 5.45. The largest absolute Gasteiger partial charge is 0.348 e. The lowest BCUT2D eigenvalue weighted by Crippen LogP contribution is -2.13. The van der Waals surface area contributed by atoms with E-state index >= 15 is 0 Å². The molecule has 0 atom stereocenters. The minimum atomic E-state index is 1.12. The normalized spacial score (nSPS) is 11.7. The summed E-state index contributed by atoms with van der Waals surface area (Å²) in [6.45, 7) is 4.16. The maximum Gasteiger partial charge on any atom is 0.0468 e. The molecule has 0 heterocycles. The summed E-state index contributed by atoms with van der Waals surface area (Å²) in [6.07, 6.45) is 6.25. The second kappa shape index (κ2) is 12.7. The third kappa shape index (κ3) is 6.14. The Bertz CT molecular complexity index is 1880. The maximum atomic E-state index is 2.35. The van der Waals surface area contributed by atoms with E-state index in [1.54, 1.807) is 0 Å². The van der Waals surface area contributed by atoms with Gasteiger partial charge in [-0.2, -0.15) is 0 Å². The van der Waals surface area contributed by atoms with Gasteiger partial charge in [0, 0.05) is 35.5 Å². The first-order valence-electron chi connectivity index (χ1n) is 14.8. The van der Waals surface area contributed by atoms with Crippen LogP contribution in [0.3, 0.4) is 0 Å². The number of rotatable bonds is 8. The first-order valence-corrected chi connectivity index (χ1v) is 14.8. The van der Waals surface area contributed by atoms with Crippen molar-refractivity contribution < 1.29 is 0 Å². The van der Waals surface area contributed by atoms with Crippen LogP contribution in [0.15, 0.2) is 170 Å². The van der Waals surface area contributed by atoms with Gasteiger partial charge in [-0.3, -0.25) is 0 Å². The van der Waals surface area contributed by atoms with E-state index in [0.29, 0.717) is 0 Å². The van der Waals surface area contributed by atoms with E-state index in [9.17, 15) is 0 Å². The molecule has 0 saturated carbocycles. The summed E-state index contributed by atoms with van der Waals surface area (Å²) in [5.74, 6) is 0. The Kier molecular flexibility index (Phi) is 8.19. The summed E-state index contributed by atoms with van der Waals surface area (Å²) < 4.78 is 0. The van der Waals surface area contributed by atoms with Gasteiger partial charge in [0.05, 0.1) is 0 Å². The van der Waals surface area contributed by atoms with Crippen molar-refractivity contribution in [1.82, 2.24) is 0 Å². The molecule has 0 amide bonds. The van der Waals surface area contributed by atoms with Gasteiger partial charge in [0.1, 0.15) is 0 Å². The van der Waals surface area contributed by atoms with Gasteiger partial charge in [-0.25, -0.2) is 0 Å². The molecule has 0 bridgehead atoms. The lowest BCUT2D eigenvalue weighted by Gasteiger charge is -2.26. The van der Waals surface area contributed by atoms with Gasteiger partial charge in [0.2, 0.25) is 0 Å². The zero-order valence-corrected chi connectivity index (χ0v) is 25.0. The second-order valence-electron chi connectivity index (χ2n) is 10.8. The summed E-state index contributed by atoms with van der Waals surface area (Å²) in [5, 5.41) is 2.46. The highest BCUT2D eigenvalue weighted by atomic mass is 15.1. The minimum Gasteiger partial charge on any atom is -0.348 e. The molecule has 2 heteroatoms. The van der Waals surface area contributed by atoms with Crippen molar-refractivity contribution >= 4 is 33.5 Å². The van der Waals surface area contributed by atoms with Crippen molar-refractivity contribution in [2.24, 2.45) is 0 Å². The first-order chi connectivity index (χ1) is 21.1. The average Bonchev–Trinajstić information content (AvgIpc) is 3.08. The Balaban J connectivity index is 1.36. The number of fused-ring (bicyclic) bond motifs is 1. The standard InChI is InChI=1S/C41H36N2/c1-4-5-12-31(2)42(3)38-24-19-34(20-25-38)35-21-26-39(27-22-35)43(41-28-23-33-15-9-10-16-36(33)30-41)40-18-11-17-37(29-40)32-13-7-6-8-14-32/h4-30H,1-3H3/b5-4-,31-12+. The molecule has 6 aromatic carbocycles. The molecule has 0 unspecified atom stereocenters. The van der Waals surface area contributed by atoms with Gasteiger partial charge in [-0.05, 0) is 101 Å². The van der Waals surface area contributed by atoms with E-state index in [4.69, 9.17) is 0 Å². The van der Waals surface area contributed by atoms with Crippen LogP contribution in [0, 0.1) is 0 Å². The molecule has 0 fully saturated rings. The molecule has 6 rings (SSSR count). The number of allylic oxidation sites excluding steroid dienone is 4. The van der Waals surface area contributed by atoms with E-state index in [2.05, 4.69) is 182 Å². The number of benzene rings is 6. The lowest BCUT2D eigenvalue weighted by atomic mass is 10.0. The van der Waals surface area contributed by atoms with E-state index < -0.39 is 0 Å². The monoisotopic (exact) mass is 556 g/mol. The molecule has 6 aromatic rings. The molecule has 0 aliphatic heterocycles. The predicted molar refractivity (Wildman–Crippen MR) is 186 cm³/mol. The highest BCUT2D eigenvalue weighted by Crippen LogP contribution is 2.38. The minimum absolute atomic E-state index is 1.12. The molecule has 0 radical (unpaired) electrons. The second-order valence-corrected chi connectivity index (χ2v) is 10.8. The van der Waals surface area contributed by atoms with Gasteiger partial charge in [0.25, 0.3) is 0 Å². The van der Waals surface area contributed by atoms with Crippen LogP contribution in [0.1, 0.15) is 13.8 Å². The Morgan fingerprint density at radius 3 is 1.74 bits per heavy atom. The van der Waals surface area contributed by atoms with Crippen molar-refractivity contribution in [2.75, 3.05) is 16.8 Å². The van der Waals surface area contributed by atoms with Gasteiger partial charge >= 0.3 is 0 Å². The Labute approximate surface area is 255 Å². The average molecular weight is 557 g/mol. The van der Waals surface area contributed by atoms with Gasteiger partial charge < -0.3 is 9.80 Å². The van der Waals surface area contributed by atoms with Crippen LogP contribution in [0.25, 0.3) is 33.0 Å². The van der Waals surface area contributed by atoms with Crippen LogP contribution in [0.4, 0.5) is 22.7 Å². The molecular formula is C41H36N2. The molecule has 0 aliphatic carbocycles. The molecule has 0 saturated heterocycles. The van der Waals surface area contributed by atoms with Crippen LogP contribution in [0.5, 0.6) is 0 Å². The third-order valence-corrected chi connectivity index (χ3v) is 7.98. The Hall–Kier alpha value is -5.34. The molecular weight excluding hydrogens is 520 g/mol. The number of anilines is 4. The number of hydrogen-bond acceptors (Lipinski definition) is 2. The maximum absolute atomic E-state index is 2.35. The van der Waals surface area contributed by atoms with Crippen molar-refractivity contribution in [3.8, 4) is 22.3 Å². The summed E-state index contributed by atoms with van der Waals surface area (Å²) in [7, 11) is 2.10. The molecule has 0 aliphatic rings. The molecule has 210 valence electrons. The molecule has 0 spiro atoms. The summed E-state index contributed by atoms with van der Waals surface area (Å²) in [5.41, 5.74) is 10.5. The molecule has 0 aromatic heterocycles. The van der Waals surface area contributed by atoms with Crippen LogP contribution in [-0.4, -0.2) is 7.05 Å². The van der Waals surface area contributed by atoms with E-state index in [1.807, 2.05) is 13.0 Å². The van der Waals surface area contributed by atoms with E-state index in [1.165, 1.54) is 44.4 Å². The van der Waals surface area contributed by atoms with Crippen LogP contribution >= 0.6 is 0 Å². The molecule has 43 heavy (non-hydrogen) atoms. The zero-order chi connectivity index (χ0) is 29.6. The quantitative estimate of drug-likeness (QED) is 0.172. The van der Waals surface area contributed by atoms with Crippen LogP contribution < -0.4 is 9.80 Å². The summed E-state index contributed by atoms with van der Waals surface area (Å²) >= 11 is 0. The fraction of sp³-hybridized carbons (Fsp3) is 0.0732. The number of nitrogens with zero attached hydrogens (tertiary/aromatic N) is 2. The molecule has 2 nitrogen and oxygen atoms in total. The summed E-state index contributed by atoms with van der Waals surface area (Å²) in [4.78, 5) is 4.55. The Morgan fingerprint density at radius 2 is 1.05 bits per heavy atom. The predicted octanol–water partition coefficient (Wildman–Crippen LogP) is 11.6. The summed E-state index contributed by atoms with van der Waals surface area (Å²) in [6, 6.07) is 52.3. The SMILES string of the molecule is C/C=C\C=C(/C)N(C)c1ccc(-c2ccc(N(c3cccc(-c4ccccc4)c3)c3ccc4ccccc4c3)cc2)cc1. The lowest BCUT2D eigenvalue weighted by molar-refractivity contribution is 1.09. The van der Waals surface area contributed by atoms with Crippen molar-refractivity contribution in [1.29, 1.82) is 0 Å². The fourth-order valence-corrected chi connectivity index (χ4v) is 5.45. The van der Waals surface area contributed by atoms with Gasteiger partial charge in [0.15, 0.2) is 0 Å². The highest BCUT2D eigenvalue weighted by molar-refractivity contribution is 5.90. The van der Waals surface area contributed by atoms with Gasteiger partial charge in [-0.15, -0.1) is 0 Å². The van der Waals surface area contributed by atoms with Crippen molar-refractivity contribution in [3.05, 3.63) is 170 Å². The van der Waals surface area contributed by atoms with Crippen molar-refractivity contribution in [3.63, 3.8) is 0 Å². The van der Waals surface area contributed by atoms with Gasteiger partial charge in [-0.1, -0.05) is 109 Å². The highest BCUT2D eigenvalue weighted by Gasteiger charge is 2.15. The molecule has 0 N–H and O–H groups in total. The Morgan fingerprint density at radius 1 is 0.488 bits per heavy atom. The van der Waals surface area contributed by atoms with Crippen molar-refractivity contribution in [2.45, 2.75) is 13.8 Å². The first kappa shape index (κ1) is 27.8. The zero-order valence-electron chi connectivity index (χ0n) is 25.0. The smallest absolute Gasteiger partial charge is 0.0468 e. The number of hydrogen-bond donors (Lipinski definition) is 0.